The van der Waals surface area contributed by atoms with Crippen LogP contribution in [0.25, 0.3) is 0 Å². The molecule has 0 aromatic heterocycles. The van der Waals surface area contributed by atoms with Gasteiger partial charge in [0, 0.05) is 20.1 Å². The van der Waals surface area contributed by atoms with Crippen LogP contribution in [-0.2, 0) is 14.3 Å². The van der Waals surface area contributed by atoms with Crippen LogP contribution in [-0.4, -0.2) is 49.4 Å². The van der Waals surface area contributed by atoms with E-state index in [1.807, 2.05) is 12.2 Å². The van der Waals surface area contributed by atoms with Crippen molar-refractivity contribution in [2.45, 2.75) is 12.2 Å². The number of nitrogens with zero attached hydrogens (tertiary/aromatic N) is 1. The Bertz CT molecular complexity index is 329. The van der Waals surface area contributed by atoms with Crippen molar-refractivity contribution in [3.63, 3.8) is 0 Å². The summed E-state index contributed by atoms with van der Waals surface area (Å²) >= 11 is 0. The molecule has 4 atom stereocenters. The summed E-state index contributed by atoms with van der Waals surface area (Å²) in [5.74, 6) is -0.772. The lowest BCUT2D eigenvalue weighted by atomic mass is 9.83. The zero-order valence-electron chi connectivity index (χ0n) is 9.20. The van der Waals surface area contributed by atoms with E-state index < -0.39 is 0 Å². The van der Waals surface area contributed by atoms with Crippen LogP contribution in [0, 0.1) is 11.8 Å². The molecule has 2 N–H and O–H groups in total. The largest absolute Gasteiger partial charge is 0.365 e. The van der Waals surface area contributed by atoms with Gasteiger partial charge in [-0.25, -0.2) is 0 Å². The molecule has 5 nitrogen and oxygen atoms in total. The summed E-state index contributed by atoms with van der Waals surface area (Å²) < 4.78 is 5.52. The quantitative estimate of drug-likeness (QED) is 0.500. The van der Waals surface area contributed by atoms with Gasteiger partial charge >= 0.3 is 0 Å². The highest BCUT2D eigenvalue weighted by molar-refractivity contribution is 5.84. The van der Waals surface area contributed by atoms with Crippen molar-refractivity contribution in [1.82, 2.24) is 4.90 Å². The van der Waals surface area contributed by atoms with E-state index in [9.17, 15) is 9.59 Å². The Morgan fingerprint density at radius 1 is 1.50 bits per heavy atom. The first-order chi connectivity index (χ1) is 7.69. The van der Waals surface area contributed by atoms with Crippen molar-refractivity contribution in [3.05, 3.63) is 12.2 Å². The first-order valence-electron chi connectivity index (χ1n) is 5.43. The molecular weight excluding hydrogens is 208 g/mol. The summed E-state index contributed by atoms with van der Waals surface area (Å²) in [6.45, 7) is 0.924. The van der Waals surface area contributed by atoms with Gasteiger partial charge in [0.1, 0.15) is 6.29 Å². The van der Waals surface area contributed by atoms with Crippen LogP contribution >= 0.6 is 0 Å². The second kappa shape index (κ2) is 4.35. The lowest BCUT2D eigenvalue weighted by Crippen LogP contribution is -2.42. The number of likely N-dealkylation sites (N-methyl/N-ethyl adjacent to an activating group) is 1. The number of amides is 1. The van der Waals surface area contributed by atoms with E-state index in [4.69, 9.17) is 10.5 Å². The molecule has 0 radical (unpaired) electrons. The van der Waals surface area contributed by atoms with Crippen molar-refractivity contribution in [3.8, 4) is 0 Å². The first kappa shape index (κ1) is 11.3. The number of carbonyl (C=O) groups is 2. The lowest BCUT2D eigenvalue weighted by molar-refractivity contribution is -0.137. The minimum atomic E-state index is -0.371. The fraction of sp³-hybridized carbons (Fsp3) is 0.636. The maximum absolute atomic E-state index is 12.1. The Balaban J connectivity index is 2.11. The number of hydrogen-bond acceptors (Lipinski definition) is 4. The van der Waals surface area contributed by atoms with Crippen LogP contribution in [0.3, 0.4) is 0 Å². The van der Waals surface area contributed by atoms with Gasteiger partial charge in [-0.15, -0.1) is 0 Å². The van der Waals surface area contributed by atoms with E-state index in [1.165, 1.54) is 0 Å². The van der Waals surface area contributed by atoms with Gasteiger partial charge < -0.3 is 20.2 Å². The SMILES string of the molecule is CN(CCN)C(=O)C1C2C=CC(O2)C1C=O. The lowest BCUT2D eigenvalue weighted by Gasteiger charge is -2.25. The second-order valence-corrected chi connectivity index (χ2v) is 4.24. The third kappa shape index (κ3) is 1.66. The maximum atomic E-state index is 12.1. The zero-order valence-corrected chi connectivity index (χ0v) is 9.20. The molecule has 0 saturated carbocycles. The monoisotopic (exact) mass is 224 g/mol. The summed E-state index contributed by atoms with van der Waals surface area (Å²) in [6, 6.07) is 0. The predicted molar refractivity (Wildman–Crippen MR) is 57.5 cm³/mol. The molecule has 2 aliphatic heterocycles. The van der Waals surface area contributed by atoms with Gasteiger partial charge in [0.05, 0.1) is 24.0 Å². The van der Waals surface area contributed by atoms with Gasteiger partial charge in [-0.1, -0.05) is 12.2 Å². The maximum Gasteiger partial charge on any atom is 0.229 e. The molecule has 5 heteroatoms. The van der Waals surface area contributed by atoms with E-state index in [1.54, 1.807) is 11.9 Å². The molecule has 88 valence electrons. The Kier molecular flexibility index (Phi) is 3.07. The minimum absolute atomic E-state index is 0.0561. The van der Waals surface area contributed by atoms with Crippen molar-refractivity contribution in [1.29, 1.82) is 0 Å². The van der Waals surface area contributed by atoms with Crippen LogP contribution in [0.4, 0.5) is 0 Å². The molecule has 1 amide bonds. The third-order valence-corrected chi connectivity index (χ3v) is 3.24. The van der Waals surface area contributed by atoms with Crippen LogP contribution in [0.2, 0.25) is 0 Å². The molecule has 0 spiro atoms. The number of fused-ring (bicyclic) bond motifs is 2. The highest BCUT2D eigenvalue weighted by Crippen LogP contribution is 2.38. The van der Waals surface area contributed by atoms with Crippen molar-refractivity contribution in [2.24, 2.45) is 17.6 Å². The van der Waals surface area contributed by atoms with E-state index >= 15 is 0 Å². The minimum Gasteiger partial charge on any atom is -0.365 e. The molecular formula is C11H16N2O3. The Hall–Kier alpha value is -1.20. The Morgan fingerprint density at radius 3 is 2.81 bits per heavy atom. The van der Waals surface area contributed by atoms with Crippen LogP contribution in [0.1, 0.15) is 0 Å². The normalized spacial score (nSPS) is 35.4. The third-order valence-electron chi connectivity index (χ3n) is 3.24. The molecule has 4 unspecified atom stereocenters. The highest BCUT2D eigenvalue weighted by atomic mass is 16.5. The fourth-order valence-electron chi connectivity index (χ4n) is 2.36. The molecule has 0 aliphatic carbocycles. The fourth-order valence-corrected chi connectivity index (χ4v) is 2.36. The molecule has 2 heterocycles. The number of aldehydes is 1. The average molecular weight is 224 g/mol. The topological polar surface area (TPSA) is 72.6 Å². The summed E-state index contributed by atoms with van der Waals surface area (Å²) in [7, 11) is 1.70. The van der Waals surface area contributed by atoms with Crippen LogP contribution in [0.5, 0.6) is 0 Å². The average Bonchev–Trinajstić information content (AvgIpc) is 2.87. The van der Waals surface area contributed by atoms with E-state index in [0.717, 1.165) is 6.29 Å². The number of ether oxygens (including phenoxy) is 1. The molecule has 2 rings (SSSR count). The van der Waals surface area contributed by atoms with Gasteiger partial charge in [-0.05, 0) is 0 Å². The molecule has 16 heavy (non-hydrogen) atoms. The van der Waals surface area contributed by atoms with E-state index in [-0.39, 0.29) is 30.0 Å². The van der Waals surface area contributed by atoms with E-state index in [2.05, 4.69) is 0 Å². The zero-order chi connectivity index (χ0) is 11.7. The summed E-state index contributed by atoms with van der Waals surface area (Å²) in [4.78, 5) is 24.6. The smallest absolute Gasteiger partial charge is 0.229 e. The number of carbonyl (C=O) groups excluding carboxylic acids is 2. The Morgan fingerprint density at radius 2 is 2.19 bits per heavy atom. The molecule has 0 aromatic carbocycles. The molecule has 2 bridgehead atoms. The first-order valence-corrected chi connectivity index (χ1v) is 5.43. The number of rotatable bonds is 4. The van der Waals surface area contributed by atoms with Gasteiger partial charge in [0.25, 0.3) is 0 Å². The van der Waals surface area contributed by atoms with E-state index in [0.29, 0.717) is 13.1 Å². The summed E-state index contributed by atoms with van der Waals surface area (Å²) in [5, 5.41) is 0. The number of nitrogens with two attached hydrogens (primary N) is 1. The Labute approximate surface area is 94.2 Å². The second-order valence-electron chi connectivity index (χ2n) is 4.24. The van der Waals surface area contributed by atoms with Gasteiger partial charge in [0.15, 0.2) is 0 Å². The summed E-state index contributed by atoms with van der Waals surface area (Å²) in [6.07, 6.45) is 4.09. The van der Waals surface area contributed by atoms with Crippen LogP contribution in [0.15, 0.2) is 12.2 Å². The highest BCUT2D eigenvalue weighted by Gasteiger charge is 2.50. The predicted octanol–water partition coefficient (Wildman–Crippen LogP) is -0.828. The standard InChI is InChI=1S/C11H16N2O3/c1-13(5-4-12)11(15)10-7(6-14)8-2-3-9(10)16-8/h2-3,6-10H,4-5,12H2,1H3. The van der Waals surface area contributed by atoms with Gasteiger partial charge in [0.2, 0.25) is 5.91 Å². The van der Waals surface area contributed by atoms with Crippen molar-refractivity contribution in [2.75, 3.05) is 20.1 Å². The van der Waals surface area contributed by atoms with Crippen LogP contribution < -0.4 is 5.73 Å². The molecule has 1 saturated heterocycles. The molecule has 1 fully saturated rings. The van der Waals surface area contributed by atoms with Crippen molar-refractivity contribution >= 4 is 12.2 Å². The molecule has 2 aliphatic rings. The van der Waals surface area contributed by atoms with Gasteiger partial charge in [-0.2, -0.15) is 0 Å². The molecule has 0 aromatic rings. The van der Waals surface area contributed by atoms with Gasteiger partial charge in [-0.3, -0.25) is 4.79 Å². The summed E-state index contributed by atoms with van der Waals surface area (Å²) in [5.41, 5.74) is 5.40. The van der Waals surface area contributed by atoms with Crippen molar-refractivity contribution < 1.29 is 14.3 Å². The number of hydrogen-bond donors (Lipinski definition) is 1.